The van der Waals surface area contributed by atoms with Crippen molar-refractivity contribution >= 4 is 39.7 Å². The highest BCUT2D eigenvalue weighted by molar-refractivity contribution is 14.1. The van der Waals surface area contributed by atoms with Crippen molar-refractivity contribution in [2.45, 2.75) is 33.1 Å². The van der Waals surface area contributed by atoms with Gasteiger partial charge in [0.2, 0.25) is 0 Å². The quantitative estimate of drug-likeness (QED) is 0.758. The normalized spacial score (nSPS) is 10.7. The number of halogens is 1. The predicted octanol–water partition coefficient (Wildman–Crippen LogP) is 4.12. The SMILES string of the molecule is CCCc1nc(Cc2cccs2)nc(NCC)c1I. The highest BCUT2D eigenvalue weighted by atomic mass is 127. The molecule has 0 aromatic carbocycles. The molecule has 0 aliphatic rings. The molecule has 19 heavy (non-hydrogen) atoms. The molecule has 0 amide bonds. The Hall–Kier alpha value is -0.690. The van der Waals surface area contributed by atoms with Gasteiger partial charge in [-0.15, -0.1) is 11.3 Å². The summed E-state index contributed by atoms with van der Waals surface area (Å²) in [4.78, 5) is 10.7. The molecule has 0 unspecified atom stereocenters. The third-order valence-corrected chi connectivity index (χ3v) is 4.72. The van der Waals surface area contributed by atoms with Crippen LogP contribution in [0.5, 0.6) is 0 Å². The standard InChI is InChI=1S/C14H18IN3S/c1-3-6-11-13(15)14(16-4-2)18-12(17-11)9-10-7-5-8-19-10/h5,7-8H,3-4,6,9H2,1-2H3,(H,16,17,18). The van der Waals surface area contributed by atoms with Gasteiger partial charge in [-0.25, -0.2) is 9.97 Å². The van der Waals surface area contributed by atoms with Crippen LogP contribution in [0.1, 0.15) is 36.7 Å². The molecule has 0 radical (unpaired) electrons. The second kappa shape index (κ2) is 7.19. The molecular weight excluding hydrogens is 369 g/mol. The number of thiophene rings is 1. The number of nitrogens with one attached hydrogen (secondary N) is 1. The van der Waals surface area contributed by atoms with E-state index in [0.717, 1.165) is 41.0 Å². The average Bonchev–Trinajstić information content (AvgIpc) is 2.88. The number of rotatable bonds is 6. The first kappa shape index (κ1) is 14.7. The van der Waals surface area contributed by atoms with Gasteiger partial charge in [-0.3, -0.25) is 0 Å². The van der Waals surface area contributed by atoms with E-state index in [9.17, 15) is 0 Å². The van der Waals surface area contributed by atoms with Gasteiger partial charge < -0.3 is 5.32 Å². The van der Waals surface area contributed by atoms with Crippen LogP contribution in [-0.2, 0) is 12.8 Å². The van der Waals surface area contributed by atoms with Crippen LogP contribution in [-0.4, -0.2) is 16.5 Å². The number of nitrogens with zero attached hydrogens (tertiary/aromatic N) is 2. The smallest absolute Gasteiger partial charge is 0.143 e. The Kier molecular flexibility index (Phi) is 5.57. The molecular formula is C14H18IN3S. The van der Waals surface area contributed by atoms with Gasteiger partial charge in [0.05, 0.1) is 9.26 Å². The zero-order valence-electron chi connectivity index (χ0n) is 11.2. The fraction of sp³-hybridized carbons (Fsp3) is 0.429. The summed E-state index contributed by atoms with van der Waals surface area (Å²) in [6.07, 6.45) is 2.94. The molecule has 0 aliphatic heterocycles. The van der Waals surface area contributed by atoms with Crippen LogP contribution in [0, 0.1) is 3.57 Å². The lowest BCUT2D eigenvalue weighted by Gasteiger charge is -2.11. The lowest BCUT2D eigenvalue weighted by Crippen LogP contribution is -2.10. The summed E-state index contributed by atoms with van der Waals surface area (Å²) in [5, 5.41) is 5.44. The van der Waals surface area contributed by atoms with Crippen molar-refractivity contribution in [1.29, 1.82) is 0 Å². The topological polar surface area (TPSA) is 37.8 Å². The van der Waals surface area contributed by atoms with Crippen LogP contribution >= 0.6 is 33.9 Å². The van der Waals surface area contributed by atoms with Crippen LogP contribution in [0.2, 0.25) is 0 Å². The first-order valence-corrected chi connectivity index (χ1v) is 8.52. The van der Waals surface area contributed by atoms with Gasteiger partial charge in [0.15, 0.2) is 0 Å². The van der Waals surface area contributed by atoms with E-state index in [1.807, 2.05) is 0 Å². The van der Waals surface area contributed by atoms with Gasteiger partial charge in [0, 0.05) is 17.8 Å². The van der Waals surface area contributed by atoms with E-state index in [4.69, 9.17) is 4.98 Å². The molecule has 2 heterocycles. The van der Waals surface area contributed by atoms with Gasteiger partial charge in [-0.1, -0.05) is 19.4 Å². The number of aryl methyl sites for hydroxylation is 1. The summed E-state index contributed by atoms with van der Waals surface area (Å²) in [6, 6.07) is 4.21. The molecule has 0 saturated carbocycles. The maximum Gasteiger partial charge on any atom is 0.143 e. The summed E-state index contributed by atoms with van der Waals surface area (Å²) in [7, 11) is 0. The van der Waals surface area contributed by atoms with Crippen LogP contribution < -0.4 is 5.32 Å². The summed E-state index contributed by atoms with van der Waals surface area (Å²) in [6.45, 7) is 5.16. The monoisotopic (exact) mass is 387 g/mol. The van der Waals surface area contributed by atoms with Crippen LogP contribution in [0.4, 0.5) is 5.82 Å². The number of hydrogen-bond donors (Lipinski definition) is 1. The summed E-state index contributed by atoms with van der Waals surface area (Å²) in [5.41, 5.74) is 1.17. The Morgan fingerprint density at radius 1 is 1.32 bits per heavy atom. The van der Waals surface area contributed by atoms with Crippen molar-refractivity contribution in [1.82, 2.24) is 9.97 Å². The van der Waals surface area contributed by atoms with E-state index >= 15 is 0 Å². The Morgan fingerprint density at radius 3 is 2.79 bits per heavy atom. The minimum absolute atomic E-state index is 0.823. The first-order valence-electron chi connectivity index (χ1n) is 6.56. The van der Waals surface area contributed by atoms with Crippen molar-refractivity contribution in [3.63, 3.8) is 0 Å². The zero-order chi connectivity index (χ0) is 13.7. The van der Waals surface area contributed by atoms with Gasteiger partial charge in [-0.2, -0.15) is 0 Å². The second-order valence-electron chi connectivity index (χ2n) is 4.29. The van der Waals surface area contributed by atoms with E-state index in [1.54, 1.807) is 11.3 Å². The van der Waals surface area contributed by atoms with Crippen LogP contribution in [0.15, 0.2) is 17.5 Å². The Morgan fingerprint density at radius 2 is 2.16 bits per heavy atom. The lowest BCUT2D eigenvalue weighted by atomic mass is 10.2. The Labute approximate surface area is 132 Å². The molecule has 0 aliphatic carbocycles. The lowest BCUT2D eigenvalue weighted by molar-refractivity contribution is 0.835. The molecule has 0 bridgehead atoms. The molecule has 2 aromatic rings. The number of aromatic nitrogens is 2. The van der Waals surface area contributed by atoms with E-state index in [-0.39, 0.29) is 0 Å². The largest absolute Gasteiger partial charge is 0.369 e. The van der Waals surface area contributed by atoms with Gasteiger partial charge in [0.1, 0.15) is 11.6 Å². The summed E-state index contributed by atoms with van der Waals surface area (Å²) in [5.74, 6) is 1.90. The molecule has 0 fully saturated rings. The van der Waals surface area contributed by atoms with Gasteiger partial charge in [-0.05, 0) is 47.4 Å². The Bertz CT molecular complexity index is 498. The predicted molar refractivity (Wildman–Crippen MR) is 90.0 cm³/mol. The third kappa shape index (κ3) is 3.89. The van der Waals surface area contributed by atoms with Crippen LogP contribution in [0.3, 0.4) is 0 Å². The molecule has 0 spiro atoms. The fourth-order valence-corrected chi connectivity index (χ4v) is 3.28. The van der Waals surface area contributed by atoms with E-state index in [0.29, 0.717) is 0 Å². The highest BCUT2D eigenvalue weighted by Crippen LogP contribution is 2.22. The van der Waals surface area contributed by atoms with Crippen molar-refractivity contribution < 1.29 is 0 Å². The highest BCUT2D eigenvalue weighted by Gasteiger charge is 2.11. The second-order valence-corrected chi connectivity index (χ2v) is 6.40. The maximum atomic E-state index is 4.73. The molecule has 2 rings (SSSR count). The van der Waals surface area contributed by atoms with Crippen LogP contribution in [0.25, 0.3) is 0 Å². The minimum Gasteiger partial charge on any atom is -0.369 e. The van der Waals surface area contributed by atoms with Gasteiger partial charge >= 0.3 is 0 Å². The minimum atomic E-state index is 0.823. The average molecular weight is 387 g/mol. The molecule has 0 atom stereocenters. The third-order valence-electron chi connectivity index (χ3n) is 2.71. The van der Waals surface area contributed by atoms with Crippen molar-refractivity contribution in [3.8, 4) is 0 Å². The Balaban J connectivity index is 2.31. The summed E-state index contributed by atoms with van der Waals surface area (Å²) < 4.78 is 1.16. The van der Waals surface area contributed by atoms with Crippen molar-refractivity contribution in [2.75, 3.05) is 11.9 Å². The number of hydrogen-bond acceptors (Lipinski definition) is 4. The molecule has 1 N–H and O–H groups in total. The molecule has 5 heteroatoms. The van der Waals surface area contributed by atoms with Crippen molar-refractivity contribution in [2.24, 2.45) is 0 Å². The van der Waals surface area contributed by atoms with Gasteiger partial charge in [0.25, 0.3) is 0 Å². The molecule has 2 aromatic heterocycles. The van der Waals surface area contributed by atoms with Crippen molar-refractivity contribution in [3.05, 3.63) is 37.5 Å². The van der Waals surface area contributed by atoms with E-state index < -0.39 is 0 Å². The van der Waals surface area contributed by atoms with E-state index in [2.05, 4.69) is 64.3 Å². The maximum absolute atomic E-state index is 4.73. The zero-order valence-corrected chi connectivity index (χ0v) is 14.2. The molecule has 3 nitrogen and oxygen atoms in total. The summed E-state index contributed by atoms with van der Waals surface area (Å²) >= 11 is 4.11. The fourth-order valence-electron chi connectivity index (χ4n) is 1.88. The first-order chi connectivity index (χ1) is 9.24. The number of anilines is 1. The molecule has 102 valence electrons. The molecule has 0 saturated heterocycles. The van der Waals surface area contributed by atoms with E-state index in [1.165, 1.54) is 10.6 Å².